The molecule has 0 radical (unpaired) electrons. The third kappa shape index (κ3) is 14.6. The highest BCUT2D eigenvalue weighted by Crippen LogP contribution is 2.12. The summed E-state index contributed by atoms with van der Waals surface area (Å²) in [6.45, 7) is 2.25. The van der Waals surface area contributed by atoms with Crippen LogP contribution in [0.4, 0.5) is 0 Å². The molecule has 0 unspecified atom stereocenters. The Hall–Kier alpha value is 0.240. The van der Waals surface area contributed by atoms with Crippen molar-refractivity contribution in [3.05, 3.63) is 0 Å². The molecule has 2 nitrogen and oxygen atoms in total. The first kappa shape index (κ1) is 20.2. The van der Waals surface area contributed by atoms with Crippen molar-refractivity contribution in [2.45, 2.75) is 84.0 Å². The van der Waals surface area contributed by atoms with E-state index >= 15 is 0 Å². The third-order valence-corrected chi connectivity index (χ3v) is 5.85. The normalized spacial score (nSPS) is 11.9. The van der Waals surface area contributed by atoms with Crippen molar-refractivity contribution in [2.75, 3.05) is 17.4 Å². The van der Waals surface area contributed by atoms with E-state index < -0.39 is 9.84 Å². The number of hydrogen-bond donors (Lipinski definition) is 0. The van der Waals surface area contributed by atoms with Gasteiger partial charge in [0.15, 0.2) is 9.84 Å². The summed E-state index contributed by atoms with van der Waals surface area (Å²) in [6.07, 6.45) is 15.2. The summed E-state index contributed by atoms with van der Waals surface area (Å²) in [7, 11) is -2.88. The molecule has 4 heteroatoms. The molecule has 0 saturated carbocycles. The predicted octanol–water partition coefficient (Wildman–Crippen LogP) is 5.34. The zero-order chi connectivity index (χ0) is 15.1. The minimum atomic E-state index is -2.88. The lowest BCUT2D eigenvalue weighted by atomic mass is 10.1. The van der Waals surface area contributed by atoms with Crippen LogP contribution in [-0.4, -0.2) is 25.8 Å². The molecule has 0 aliphatic heterocycles. The summed E-state index contributed by atoms with van der Waals surface area (Å²) < 4.78 is 22.9. The van der Waals surface area contributed by atoms with Crippen LogP contribution >= 0.6 is 11.6 Å². The highest BCUT2D eigenvalue weighted by molar-refractivity contribution is 7.91. The number of hydrogen-bond acceptors (Lipinski definition) is 2. The largest absolute Gasteiger partial charge is 0.229 e. The molecule has 0 aromatic rings. The van der Waals surface area contributed by atoms with E-state index in [0.29, 0.717) is 5.75 Å². The maximum Gasteiger partial charge on any atom is 0.151 e. The lowest BCUT2D eigenvalue weighted by Gasteiger charge is -2.03. The van der Waals surface area contributed by atoms with Crippen molar-refractivity contribution in [3.63, 3.8) is 0 Å². The number of unbranched alkanes of at least 4 members (excludes halogenated alkanes) is 11. The average Bonchev–Trinajstić information content (AvgIpc) is 2.40. The van der Waals surface area contributed by atoms with Gasteiger partial charge in [0, 0.05) is 5.88 Å². The van der Waals surface area contributed by atoms with Crippen molar-refractivity contribution >= 4 is 21.4 Å². The van der Waals surface area contributed by atoms with E-state index in [1.54, 1.807) is 0 Å². The van der Waals surface area contributed by atoms with Crippen LogP contribution in [0, 0.1) is 0 Å². The number of alkyl halides is 1. The number of rotatable bonds is 15. The van der Waals surface area contributed by atoms with E-state index in [4.69, 9.17) is 11.6 Å². The molecule has 0 saturated heterocycles. The molecule has 0 N–H and O–H groups in total. The van der Waals surface area contributed by atoms with E-state index in [1.165, 1.54) is 64.2 Å². The lowest BCUT2D eigenvalue weighted by Crippen LogP contribution is -2.11. The minimum absolute atomic E-state index is 0.132. The number of sulfone groups is 1. The van der Waals surface area contributed by atoms with Gasteiger partial charge < -0.3 is 0 Å². The Morgan fingerprint density at radius 3 is 1.45 bits per heavy atom. The highest BCUT2D eigenvalue weighted by Gasteiger charge is 2.08. The lowest BCUT2D eigenvalue weighted by molar-refractivity contribution is 0.546. The second kappa shape index (κ2) is 14.2. The van der Waals surface area contributed by atoms with E-state index in [0.717, 1.165) is 12.8 Å². The van der Waals surface area contributed by atoms with Crippen LogP contribution in [0.25, 0.3) is 0 Å². The second-order valence-electron chi connectivity index (χ2n) is 5.73. The number of halogens is 1. The molecule has 0 spiro atoms. The van der Waals surface area contributed by atoms with E-state index in [2.05, 4.69) is 6.92 Å². The van der Waals surface area contributed by atoms with Crippen molar-refractivity contribution in [3.8, 4) is 0 Å². The van der Waals surface area contributed by atoms with Gasteiger partial charge in [0.2, 0.25) is 0 Å². The fraction of sp³-hybridized carbons (Fsp3) is 1.00. The van der Waals surface area contributed by atoms with Crippen molar-refractivity contribution in [2.24, 2.45) is 0 Å². The van der Waals surface area contributed by atoms with Gasteiger partial charge in [-0.3, -0.25) is 0 Å². The van der Waals surface area contributed by atoms with E-state index in [-0.39, 0.29) is 11.6 Å². The monoisotopic (exact) mass is 324 g/mol. The first-order valence-electron chi connectivity index (χ1n) is 8.39. The van der Waals surface area contributed by atoms with Crippen LogP contribution in [0.2, 0.25) is 0 Å². The summed E-state index contributed by atoms with van der Waals surface area (Å²) in [6, 6.07) is 0. The van der Waals surface area contributed by atoms with Gasteiger partial charge >= 0.3 is 0 Å². The van der Waals surface area contributed by atoms with Crippen molar-refractivity contribution in [1.29, 1.82) is 0 Å². The molecule has 0 heterocycles. The molecule has 0 fully saturated rings. The molecule has 0 aromatic heterocycles. The van der Waals surface area contributed by atoms with Crippen molar-refractivity contribution in [1.82, 2.24) is 0 Å². The van der Waals surface area contributed by atoms with Gasteiger partial charge in [-0.2, -0.15) is 0 Å². The molecule has 0 amide bonds. The Labute approximate surface area is 131 Å². The maximum absolute atomic E-state index is 11.4. The van der Waals surface area contributed by atoms with Crippen LogP contribution in [-0.2, 0) is 9.84 Å². The Bertz CT molecular complexity index is 289. The maximum atomic E-state index is 11.4. The third-order valence-electron chi connectivity index (χ3n) is 3.70. The van der Waals surface area contributed by atoms with Crippen LogP contribution < -0.4 is 0 Å². The van der Waals surface area contributed by atoms with Crippen LogP contribution in [0.1, 0.15) is 84.0 Å². The molecular weight excluding hydrogens is 292 g/mol. The van der Waals surface area contributed by atoms with Gasteiger partial charge in [-0.1, -0.05) is 77.6 Å². The van der Waals surface area contributed by atoms with Gasteiger partial charge in [0.1, 0.15) is 0 Å². The Morgan fingerprint density at radius 1 is 0.650 bits per heavy atom. The van der Waals surface area contributed by atoms with Gasteiger partial charge in [0.05, 0.1) is 11.5 Å². The molecule has 0 aliphatic carbocycles. The predicted molar refractivity (Wildman–Crippen MR) is 90.5 cm³/mol. The Morgan fingerprint density at radius 2 is 1.05 bits per heavy atom. The minimum Gasteiger partial charge on any atom is -0.229 e. The fourth-order valence-corrected chi connectivity index (χ4v) is 4.17. The average molecular weight is 325 g/mol. The Kier molecular flexibility index (Phi) is 14.4. The first-order chi connectivity index (χ1) is 9.62. The molecular formula is C16H33ClO2S. The summed E-state index contributed by atoms with van der Waals surface area (Å²) >= 11 is 5.46. The molecule has 20 heavy (non-hydrogen) atoms. The van der Waals surface area contributed by atoms with E-state index in [9.17, 15) is 8.42 Å². The molecule has 0 aliphatic rings. The standard InChI is InChI=1S/C16H33ClO2S/c1-2-3-4-5-6-7-8-9-10-11-12-13-15-20(18,19)16-14-17/h2-16H2,1H3. The summed E-state index contributed by atoms with van der Waals surface area (Å²) in [5.74, 6) is 0.671. The topological polar surface area (TPSA) is 34.1 Å². The molecule has 122 valence electrons. The van der Waals surface area contributed by atoms with Gasteiger partial charge in [-0.15, -0.1) is 11.6 Å². The SMILES string of the molecule is CCCCCCCCCCCCCCS(=O)(=O)CCCl. The smallest absolute Gasteiger partial charge is 0.151 e. The Balaban J connectivity index is 3.17. The van der Waals surface area contributed by atoms with Crippen LogP contribution in [0.15, 0.2) is 0 Å². The van der Waals surface area contributed by atoms with Gasteiger partial charge in [-0.25, -0.2) is 8.42 Å². The fourth-order valence-electron chi connectivity index (χ4n) is 2.38. The summed E-state index contributed by atoms with van der Waals surface area (Å²) in [4.78, 5) is 0. The molecule has 0 bridgehead atoms. The van der Waals surface area contributed by atoms with E-state index in [1.807, 2.05) is 0 Å². The summed E-state index contributed by atoms with van der Waals surface area (Å²) in [5.41, 5.74) is 0. The van der Waals surface area contributed by atoms with Crippen LogP contribution in [0.3, 0.4) is 0 Å². The molecule has 0 rings (SSSR count). The molecule has 0 aromatic carbocycles. The van der Waals surface area contributed by atoms with Gasteiger partial charge in [0.25, 0.3) is 0 Å². The zero-order valence-electron chi connectivity index (χ0n) is 13.2. The first-order valence-corrected chi connectivity index (χ1v) is 10.7. The zero-order valence-corrected chi connectivity index (χ0v) is 14.8. The van der Waals surface area contributed by atoms with Gasteiger partial charge in [-0.05, 0) is 6.42 Å². The highest BCUT2D eigenvalue weighted by atomic mass is 35.5. The quantitative estimate of drug-likeness (QED) is 0.301. The van der Waals surface area contributed by atoms with Crippen molar-refractivity contribution < 1.29 is 8.42 Å². The second-order valence-corrected chi connectivity index (χ2v) is 8.41. The molecule has 0 atom stereocenters. The summed E-state index contributed by atoms with van der Waals surface area (Å²) in [5, 5.41) is 0. The van der Waals surface area contributed by atoms with Crippen LogP contribution in [0.5, 0.6) is 0 Å².